The molecule has 1 aromatic carbocycles. The number of amides is 1. The van der Waals surface area contributed by atoms with Crippen LogP contribution in [-0.2, 0) is 7.05 Å². The van der Waals surface area contributed by atoms with Gasteiger partial charge in [0.1, 0.15) is 23.9 Å². The number of nitrogens with two attached hydrogens (primary N) is 1. The van der Waals surface area contributed by atoms with Gasteiger partial charge in [0.15, 0.2) is 11.5 Å². The van der Waals surface area contributed by atoms with Crippen molar-refractivity contribution < 1.29 is 18.7 Å². The molecular weight excluding hydrogens is 441 g/mol. The van der Waals surface area contributed by atoms with E-state index in [-0.39, 0.29) is 35.9 Å². The summed E-state index contributed by atoms with van der Waals surface area (Å²) in [6.07, 6.45) is 1.69. The van der Waals surface area contributed by atoms with Gasteiger partial charge in [-0.1, -0.05) is 0 Å². The number of benzene rings is 1. The van der Waals surface area contributed by atoms with Gasteiger partial charge >= 0.3 is 0 Å². The Morgan fingerprint density at radius 2 is 2.03 bits per heavy atom. The van der Waals surface area contributed by atoms with Crippen molar-refractivity contribution in [1.82, 2.24) is 24.9 Å². The Morgan fingerprint density at radius 1 is 1.21 bits per heavy atom. The number of nitrogens with zero attached hydrogens (tertiary/aromatic N) is 6. The number of methoxy groups -OCH3 is 1. The van der Waals surface area contributed by atoms with Crippen LogP contribution in [0.25, 0.3) is 11.3 Å². The molecule has 4 heterocycles. The first-order valence-corrected chi connectivity index (χ1v) is 11.1. The van der Waals surface area contributed by atoms with Crippen molar-refractivity contribution in [1.29, 1.82) is 0 Å². The Hall–Kier alpha value is -3.89. The van der Waals surface area contributed by atoms with Gasteiger partial charge in [-0.25, -0.2) is 9.07 Å². The Morgan fingerprint density at radius 3 is 2.82 bits per heavy atom. The van der Waals surface area contributed by atoms with E-state index >= 15 is 0 Å². The van der Waals surface area contributed by atoms with Gasteiger partial charge in [0, 0.05) is 26.2 Å². The van der Waals surface area contributed by atoms with Crippen molar-refractivity contribution in [2.24, 2.45) is 7.05 Å². The fourth-order valence-corrected chi connectivity index (χ4v) is 4.73. The highest BCUT2D eigenvalue weighted by Crippen LogP contribution is 2.43. The van der Waals surface area contributed by atoms with E-state index in [0.29, 0.717) is 41.7 Å². The monoisotopic (exact) mass is 467 g/mol. The van der Waals surface area contributed by atoms with Crippen molar-refractivity contribution in [2.75, 3.05) is 44.5 Å². The fraction of sp³-hybridized carbons (Fsp3) is 0.391. The Kier molecular flexibility index (Phi) is 5.46. The van der Waals surface area contributed by atoms with Crippen LogP contribution in [0.4, 0.5) is 15.9 Å². The first kappa shape index (κ1) is 21.9. The highest BCUT2D eigenvalue weighted by Gasteiger charge is 2.33. The zero-order valence-electron chi connectivity index (χ0n) is 19.3. The second-order valence-corrected chi connectivity index (χ2v) is 8.47. The number of aromatic nitrogens is 4. The van der Waals surface area contributed by atoms with E-state index in [2.05, 4.69) is 20.2 Å². The molecule has 3 aromatic rings. The molecule has 2 bridgehead atoms. The number of hydrogen-bond acceptors (Lipinski definition) is 8. The minimum Gasteiger partial charge on any atom is -0.491 e. The van der Waals surface area contributed by atoms with Gasteiger partial charge in [-0.05, 0) is 37.1 Å². The van der Waals surface area contributed by atoms with Crippen LogP contribution in [0, 0.1) is 5.82 Å². The number of aryl methyl sites for hydroxylation is 1. The number of anilines is 2. The number of ether oxygens (including phenoxy) is 2. The molecule has 10 nitrogen and oxygen atoms in total. The summed E-state index contributed by atoms with van der Waals surface area (Å²) in [6, 6.07) is 6.16. The van der Waals surface area contributed by atoms with Gasteiger partial charge in [0.2, 0.25) is 5.88 Å². The lowest BCUT2D eigenvalue weighted by Gasteiger charge is -2.29. The first-order valence-electron chi connectivity index (χ1n) is 11.1. The van der Waals surface area contributed by atoms with Gasteiger partial charge < -0.3 is 25.0 Å². The van der Waals surface area contributed by atoms with E-state index < -0.39 is 0 Å². The Bertz CT molecular complexity index is 1260. The zero-order valence-corrected chi connectivity index (χ0v) is 19.3. The van der Waals surface area contributed by atoms with Gasteiger partial charge in [-0.3, -0.25) is 4.79 Å². The predicted octanol–water partition coefficient (Wildman–Crippen LogP) is 2.41. The lowest BCUT2D eigenvalue weighted by molar-refractivity contribution is 0.0767. The number of carbonyl (C=O) groups is 1. The van der Waals surface area contributed by atoms with Crippen LogP contribution in [0.2, 0.25) is 0 Å². The summed E-state index contributed by atoms with van der Waals surface area (Å²) in [6.45, 7) is 1.25. The number of carbonyl (C=O) groups excluding carboxylic acids is 1. The van der Waals surface area contributed by atoms with Gasteiger partial charge in [0.05, 0.1) is 30.9 Å². The number of fused-ring (bicyclic) bond motifs is 8. The van der Waals surface area contributed by atoms with Crippen molar-refractivity contribution in [3.63, 3.8) is 0 Å². The summed E-state index contributed by atoms with van der Waals surface area (Å²) in [4.78, 5) is 16.9. The first-order chi connectivity index (χ1) is 16.4. The van der Waals surface area contributed by atoms with Crippen molar-refractivity contribution in [2.45, 2.75) is 18.9 Å². The number of halogens is 1. The maximum absolute atomic E-state index is 14.3. The third-order valence-electron chi connectivity index (χ3n) is 6.37. The summed E-state index contributed by atoms with van der Waals surface area (Å²) < 4.78 is 27.4. The van der Waals surface area contributed by atoms with Gasteiger partial charge in [-0.2, -0.15) is 5.10 Å². The van der Waals surface area contributed by atoms with Crippen LogP contribution in [0.1, 0.15) is 34.9 Å². The molecule has 2 aliphatic rings. The maximum atomic E-state index is 14.3. The molecule has 11 heteroatoms. The Labute approximate surface area is 196 Å². The molecule has 2 aliphatic heterocycles. The molecule has 0 saturated carbocycles. The van der Waals surface area contributed by atoms with Crippen LogP contribution in [0.15, 0.2) is 24.3 Å². The van der Waals surface area contributed by atoms with Gasteiger partial charge in [0.25, 0.3) is 5.91 Å². The molecule has 5 rings (SSSR count). The van der Waals surface area contributed by atoms with E-state index in [0.717, 1.165) is 18.4 Å². The second kappa shape index (κ2) is 8.47. The summed E-state index contributed by atoms with van der Waals surface area (Å²) in [5, 5.41) is 12.9. The molecule has 34 heavy (non-hydrogen) atoms. The van der Waals surface area contributed by atoms with Crippen molar-refractivity contribution in [3.05, 3.63) is 41.3 Å². The molecule has 2 N–H and O–H groups in total. The molecule has 0 aliphatic carbocycles. The topological polar surface area (TPSA) is 112 Å². The van der Waals surface area contributed by atoms with E-state index in [4.69, 9.17) is 15.2 Å². The van der Waals surface area contributed by atoms with Crippen LogP contribution >= 0.6 is 0 Å². The third kappa shape index (κ3) is 3.57. The van der Waals surface area contributed by atoms with Crippen molar-refractivity contribution in [3.8, 4) is 22.9 Å². The summed E-state index contributed by atoms with van der Waals surface area (Å²) in [5.74, 6) is 0.559. The number of likely N-dealkylation sites (N-methyl/N-ethyl adjacent to an activating group) is 1. The van der Waals surface area contributed by atoms with Crippen LogP contribution in [0.5, 0.6) is 11.6 Å². The molecule has 1 fully saturated rings. The largest absolute Gasteiger partial charge is 0.491 e. The van der Waals surface area contributed by atoms with Crippen LogP contribution in [0.3, 0.4) is 0 Å². The highest BCUT2D eigenvalue weighted by atomic mass is 19.1. The number of hydrogen-bond donors (Lipinski definition) is 1. The van der Waals surface area contributed by atoms with Crippen LogP contribution in [-0.4, -0.2) is 64.6 Å². The van der Waals surface area contributed by atoms with E-state index in [1.807, 2.05) is 0 Å². The van der Waals surface area contributed by atoms with E-state index in [1.54, 1.807) is 26.2 Å². The SMILES string of the molecule is COc1c2c(nn1C)C(=O)N(C)CCOc1ccc(F)cc1[C@H]1CCCN1c1cc-2nnc1N. The number of rotatable bonds is 1. The molecule has 1 saturated heterocycles. The van der Waals surface area contributed by atoms with E-state index in [1.165, 1.54) is 28.8 Å². The standard InChI is InChI=1S/C23H26FN7O3/c1-29-9-10-34-18-7-6-13(24)11-14(18)16-5-4-8-31(16)17-12-15(26-27-21(17)25)19-20(22(29)32)28-30(2)23(19)33-3/h6-7,11-12,16H,4-5,8-10H2,1-3H3,(H2,25,27)/t16-/m1/s1. The average Bonchev–Trinajstić information content (AvgIpc) is 3.43. The lowest BCUT2D eigenvalue weighted by atomic mass is 10.0. The molecule has 1 atom stereocenters. The predicted molar refractivity (Wildman–Crippen MR) is 123 cm³/mol. The second-order valence-electron chi connectivity index (χ2n) is 8.47. The molecule has 1 amide bonds. The molecular formula is C23H26FN7O3. The molecule has 0 unspecified atom stereocenters. The zero-order chi connectivity index (χ0) is 24.0. The quantitative estimate of drug-likeness (QED) is 0.581. The maximum Gasteiger partial charge on any atom is 0.275 e. The molecule has 178 valence electrons. The summed E-state index contributed by atoms with van der Waals surface area (Å²) in [7, 11) is 4.88. The average molecular weight is 468 g/mol. The minimum atomic E-state index is -0.339. The smallest absolute Gasteiger partial charge is 0.275 e. The lowest BCUT2D eigenvalue weighted by Crippen LogP contribution is -2.32. The van der Waals surface area contributed by atoms with Gasteiger partial charge in [-0.15, -0.1) is 10.2 Å². The molecule has 2 aromatic heterocycles. The molecule has 0 radical (unpaired) electrons. The summed E-state index contributed by atoms with van der Waals surface area (Å²) >= 11 is 0. The third-order valence-corrected chi connectivity index (χ3v) is 6.37. The highest BCUT2D eigenvalue weighted by molar-refractivity contribution is 6.00. The van der Waals surface area contributed by atoms with Crippen molar-refractivity contribution >= 4 is 17.4 Å². The normalized spacial score (nSPS) is 18.0. The Balaban J connectivity index is 1.73. The minimum absolute atomic E-state index is 0.150. The van der Waals surface area contributed by atoms with E-state index in [9.17, 15) is 9.18 Å². The number of nitrogen functional groups attached to an aromatic ring is 1. The fourth-order valence-electron chi connectivity index (χ4n) is 4.73. The molecule has 0 spiro atoms. The van der Waals surface area contributed by atoms with Crippen LogP contribution < -0.4 is 20.1 Å². The summed E-state index contributed by atoms with van der Waals surface area (Å²) in [5.41, 5.74) is 8.72.